The lowest BCUT2D eigenvalue weighted by Crippen LogP contribution is -2.19. The zero-order valence-electron chi connectivity index (χ0n) is 13.4. The van der Waals surface area contributed by atoms with Gasteiger partial charge in [0.25, 0.3) is 0 Å². The van der Waals surface area contributed by atoms with Gasteiger partial charge in [-0.05, 0) is 41.3 Å². The molecule has 3 rings (SSSR count). The van der Waals surface area contributed by atoms with Crippen molar-refractivity contribution in [3.8, 4) is 17.2 Å². The number of benzene rings is 2. The maximum absolute atomic E-state index is 13.9. The van der Waals surface area contributed by atoms with E-state index in [9.17, 15) is 9.18 Å². The Bertz CT molecular complexity index is 990. The Morgan fingerprint density at radius 1 is 1.08 bits per heavy atom. The van der Waals surface area contributed by atoms with Gasteiger partial charge in [0.15, 0.2) is 0 Å². The summed E-state index contributed by atoms with van der Waals surface area (Å²) in [5.74, 6) is -0.615. The molecule has 124 valence electrons. The van der Waals surface area contributed by atoms with Gasteiger partial charge in [0.2, 0.25) is 5.56 Å². The van der Waals surface area contributed by atoms with Crippen molar-refractivity contribution in [1.29, 1.82) is 5.26 Å². The van der Waals surface area contributed by atoms with Crippen LogP contribution in [-0.4, -0.2) is 4.98 Å². The van der Waals surface area contributed by atoms with Crippen molar-refractivity contribution >= 4 is 0 Å². The molecule has 0 fully saturated rings. The number of aromatic nitrogens is 1. The van der Waals surface area contributed by atoms with Gasteiger partial charge in [-0.15, -0.1) is 0 Å². The van der Waals surface area contributed by atoms with Crippen molar-refractivity contribution < 1.29 is 4.39 Å². The van der Waals surface area contributed by atoms with Crippen LogP contribution in [0.25, 0.3) is 11.1 Å². The Labute approximate surface area is 144 Å². The van der Waals surface area contributed by atoms with E-state index in [1.54, 1.807) is 18.2 Å². The predicted octanol–water partition coefficient (Wildman–Crippen LogP) is 3.30. The smallest absolute Gasteiger partial charge is 0.248 e. The van der Waals surface area contributed by atoms with Crippen LogP contribution in [0.5, 0.6) is 0 Å². The predicted molar refractivity (Wildman–Crippen MR) is 94.2 cm³/mol. The fraction of sp³-hybridized carbons (Fsp3) is 0.100. The standard InChI is InChI=1S/C20H16FN3O/c21-17-9-14(6-7-15(17)12-22)16-10-19(24-20(25)11-16)18(23)8-13-4-2-1-3-5-13/h1-7,9-11,18H,8,23H2,(H,24,25). The first kappa shape index (κ1) is 16.6. The van der Waals surface area contributed by atoms with Crippen LogP contribution in [0.15, 0.2) is 65.5 Å². The van der Waals surface area contributed by atoms with E-state index in [0.717, 1.165) is 5.56 Å². The molecule has 0 amide bonds. The van der Waals surface area contributed by atoms with Crippen molar-refractivity contribution in [1.82, 2.24) is 4.98 Å². The molecular formula is C20H16FN3O. The summed E-state index contributed by atoms with van der Waals surface area (Å²) in [4.78, 5) is 14.7. The first-order valence-electron chi connectivity index (χ1n) is 7.80. The van der Waals surface area contributed by atoms with E-state index in [2.05, 4.69) is 4.98 Å². The minimum atomic E-state index is -0.615. The number of hydrogen-bond acceptors (Lipinski definition) is 3. The normalized spacial score (nSPS) is 11.7. The molecule has 0 saturated carbocycles. The van der Waals surface area contributed by atoms with Crippen LogP contribution in [0.3, 0.4) is 0 Å². The van der Waals surface area contributed by atoms with Crippen LogP contribution in [-0.2, 0) is 6.42 Å². The highest BCUT2D eigenvalue weighted by molar-refractivity contribution is 5.64. The lowest BCUT2D eigenvalue weighted by molar-refractivity contribution is 0.624. The van der Waals surface area contributed by atoms with E-state index in [0.29, 0.717) is 23.2 Å². The lowest BCUT2D eigenvalue weighted by atomic mass is 9.99. The van der Waals surface area contributed by atoms with Crippen LogP contribution in [0, 0.1) is 17.1 Å². The molecule has 0 radical (unpaired) electrons. The van der Waals surface area contributed by atoms with Crippen molar-refractivity contribution in [2.45, 2.75) is 12.5 Å². The Morgan fingerprint density at radius 3 is 2.52 bits per heavy atom. The number of H-pyrrole nitrogens is 1. The fourth-order valence-corrected chi connectivity index (χ4v) is 2.69. The molecule has 2 aromatic carbocycles. The quantitative estimate of drug-likeness (QED) is 0.768. The molecule has 0 aliphatic heterocycles. The Kier molecular flexibility index (Phi) is 4.73. The van der Waals surface area contributed by atoms with E-state index in [1.165, 1.54) is 18.2 Å². The summed E-state index contributed by atoms with van der Waals surface area (Å²) in [5, 5.41) is 8.82. The topological polar surface area (TPSA) is 82.7 Å². The number of hydrogen-bond donors (Lipinski definition) is 2. The number of nitrogens with two attached hydrogens (primary N) is 1. The van der Waals surface area contributed by atoms with Crippen LogP contribution >= 0.6 is 0 Å². The second-order valence-electron chi connectivity index (χ2n) is 5.79. The Balaban J connectivity index is 1.94. The number of nitriles is 1. The molecular weight excluding hydrogens is 317 g/mol. The number of pyridine rings is 1. The highest BCUT2D eigenvalue weighted by Gasteiger charge is 2.12. The summed E-state index contributed by atoms with van der Waals surface area (Å²) in [6, 6.07) is 18.5. The SMILES string of the molecule is N#Cc1ccc(-c2cc(C(N)Cc3ccccc3)[nH]c(=O)c2)cc1F. The molecule has 25 heavy (non-hydrogen) atoms. The molecule has 4 nitrogen and oxygen atoms in total. The summed E-state index contributed by atoms with van der Waals surface area (Å²) in [6.07, 6.45) is 0.571. The second kappa shape index (κ2) is 7.12. The first-order chi connectivity index (χ1) is 12.1. The molecule has 3 N–H and O–H groups in total. The van der Waals surface area contributed by atoms with E-state index >= 15 is 0 Å². The average Bonchev–Trinajstić information content (AvgIpc) is 2.62. The van der Waals surface area contributed by atoms with E-state index in [1.807, 2.05) is 30.3 Å². The summed E-state index contributed by atoms with van der Waals surface area (Å²) < 4.78 is 13.9. The summed E-state index contributed by atoms with van der Waals surface area (Å²) in [5.41, 5.74) is 8.62. The minimum absolute atomic E-state index is 0.0328. The molecule has 0 saturated heterocycles. The lowest BCUT2D eigenvalue weighted by Gasteiger charge is -2.13. The highest BCUT2D eigenvalue weighted by atomic mass is 19.1. The van der Waals surface area contributed by atoms with Crippen LogP contribution in [0.4, 0.5) is 4.39 Å². The third-order valence-electron chi connectivity index (χ3n) is 3.99. The van der Waals surface area contributed by atoms with E-state index < -0.39 is 11.9 Å². The minimum Gasteiger partial charge on any atom is -0.325 e. The number of rotatable bonds is 4. The molecule has 1 unspecified atom stereocenters. The third kappa shape index (κ3) is 3.82. The maximum Gasteiger partial charge on any atom is 0.248 e. The van der Waals surface area contributed by atoms with E-state index in [-0.39, 0.29) is 11.1 Å². The number of aromatic amines is 1. The van der Waals surface area contributed by atoms with Gasteiger partial charge in [0, 0.05) is 17.8 Å². The molecule has 1 aromatic heterocycles. The summed E-state index contributed by atoms with van der Waals surface area (Å²) in [7, 11) is 0. The van der Waals surface area contributed by atoms with Crippen LogP contribution in [0.2, 0.25) is 0 Å². The van der Waals surface area contributed by atoms with Crippen molar-refractivity contribution in [3.05, 3.63) is 93.7 Å². The average molecular weight is 333 g/mol. The monoisotopic (exact) mass is 333 g/mol. The van der Waals surface area contributed by atoms with Gasteiger partial charge in [-0.25, -0.2) is 4.39 Å². The molecule has 3 aromatic rings. The van der Waals surface area contributed by atoms with Crippen molar-refractivity contribution in [2.24, 2.45) is 5.73 Å². The third-order valence-corrected chi connectivity index (χ3v) is 3.99. The van der Waals surface area contributed by atoms with Crippen LogP contribution in [0.1, 0.15) is 22.9 Å². The molecule has 1 heterocycles. The van der Waals surface area contributed by atoms with Gasteiger partial charge >= 0.3 is 0 Å². The zero-order chi connectivity index (χ0) is 17.8. The molecule has 0 bridgehead atoms. The largest absolute Gasteiger partial charge is 0.325 e. The first-order valence-corrected chi connectivity index (χ1v) is 7.80. The van der Waals surface area contributed by atoms with Gasteiger partial charge in [0.05, 0.1) is 5.56 Å². The molecule has 0 spiro atoms. The second-order valence-corrected chi connectivity index (χ2v) is 5.79. The summed E-state index contributed by atoms with van der Waals surface area (Å²) in [6.45, 7) is 0. The van der Waals surface area contributed by atoms with Crippen molar-refractivity contribution in [2.75, 3.05) is 0 Å². The Morgan fingerprint density at radius 2 is 1.84 bits per heavy atom. The fourth-order valence-electron chi connectivity index (χ4n) is 2.69. The number of nitrogens with zero attached hydrogens (tertiary/aromatic N) is 1. The van der Waals surface area contributed by atoms with Gasteiger partial charge < -0.3 is 10.7 Å². The molecule has 1 atom stereocenters. The molecule has 0 aliphatic carbocycles. The maximum atomic E-state index is 13.9. The number of halogens is 1. The van der Waals surface area contributed by atoms with Gasteiger partial charge in [-0.2, -0.15) is 5.26 Å². The van der Waals surface area contributed by atoms with Gasteiger partial charge in [-0.3, -0.25) is 4.79 Å². The van der Waals surface area contributed by atoms with Gasteiger partial charge in [-0.1, -0.05) is 36.4 Å². The molecule has 0 aliphatic rings. The zero-order valence-corrected chi connectivity index (χ0v) is 13.4. The highest BCUT2D eigenvalue weighted by Crippen LogP contribution is 2.23. The Hall–Kier alpha value is -3.23. The number of nitrogens with one attached hydrogen (secondary N) is 1. The van der Waals surface area contributed by atoms with Gasteiger partial charge in [0.1, 0.15) is 11.9 Å². The molecule has 5 heteroatoms. The van der Waals surface area contributed by atoms with Crippen LogP contribution < -0.4 is 11.3 Å². The summed E-state index contributed by atoms with van der Waals surface area (Å²) >= 11 is 0. The van der Waals surface area contributed by atoms with Crippen molar-refractivity contribution in [3.63, 3.8) is 0 Å². The van der Waals surface area contributed by atoms with E-state index in [4.69, 9.17) is 11.0 Å².